The predicted molar refractivity (Wildman–Crippen MR) is 116 cm³/mol. The van der Waals surface area contributed by atoms with E-state index in [1.807, 2.05) is 6.92 Å². The topological polar surface area (TPSA) is 89.3 Å². The summed E-state index contributed by atoms with van der Waals surface area (Å²) < 4.78 is 43.7. The van der Waals surface area contributed by atoms with Crippen LogP contribution in [0.4, 0.5) is 9.52 Å². The fourth-order valence-electron chi connectivity index (χ4n) is 3.04. The summed E-state index contributed by atoms with van der Waals surface area (Å²) in [5.41, 5.74) is 1.61. The van der Waals surface area contributed by atoms with Crippen LogP contribution in [0.3, 0.4) is 0 Å². The molecule has 1 N–H and O–H groups in total. The van der Waals surface area contributed by atoms with Gasteiger partial charge in [-0.25, -0.2) is 17.8 Å². The zero-order chi connectivity index (χ0) is 22.0. The first-order valence-electron chi connectivity index (χ1n) is 9.22. The van der Waals surface area contributed by atoms with Crippen LogP contribution < -0.4 is 5.32 Å². The standard InChI is InChI=1S/C22H17FN2O4S2/c1-14-19(15-7-9-17(23)10-8-15)24-22(30-14)25-21(26)20-16(11-12-29-20)13-31(27,28)18-5-3-2-4-6-18/h2-12H,13H2,1H3,(H,24,25,26). The summed E-state index contributed by atoms with van der Waals surface area (Å²) in [6, 6.07) is 15.4. The molecule has 0 aliphatic heterocycles. The Hall–Kier alpha value is -3.30. The molecule has 1 amide bonds. The van der Waals surface area contributed by atoms with Crippen LogP contribution in [0.2, 0.25) is 0 Å². The molecule has 0 saturated carbocycles. The maximum atomic E-state index is 13.2. The van der Waals surface area contributed by atoms with Gasteiger partial charge >= 0.3 is 0 Å². The fourth-order valence-corrected chi connectivity index (χ4v) is 5.25. The highest BCUT2D eigenvalue weighted by Crippen LogP contribution is 2.31. The third kappa shape index (κ3) is 4.57. The third-order valence-corrected chi connectivity index (χ3v) is 7.10. The van der Waals surface area contributed by atoms with Gasteiger partial charge in [0.15, 0.2) is 20.7 Å². The number of rotatable bonds is 6. The summed E-state index contributed by atoms with van der Waals surface area (Å²) in [7, 11) is -3.64. The number of carbonyl (C=O) groups is 1. The zero-order valence-electron chi connectivity index (χ0n) is 16.3. The lowest BCUT2D eigenvalue weighted by Crippen LogP contribution is -2.14. The van der Waals surface area contributed by atoms with Gasteiger partial charge in [0.1, 0.15) is 5.82 Å². The van der Waals surface area contributed by atoms with E-state index in [4.69, 9.17) is 4.42 Å². The molecule has 9 heteroatoms. The molecule has 2 aromatic carbocycles. The first-order valence-corrected chi connectivity index (χ1v) is 11.7. The molecule has 0 bridgehead atoms. The van der Waals surface area contributed by atoms with Gasteiger partial charge in [0.2, 0.25) is 0 Å². The molecule has 31 heavy (non-hydrogen) atoms. The summed E-state index contributed by atoms with van der Waals surface area (Å²) in [4.78, 5) is 18.2. The number of hydrogen-bond donors (Lipinski definition) is 1. The molecule has 0 aliphatic carbocycles. The van der Waals surface area contributed by atoms with E-state index in [1.54, 1.807) is 30.3 Å². The lowest BCUT2D eigenvalue weighted by Gasteiger charge is -2.05. The van der Waals surface area contributed by atoms with Gasteiger partial charge in [-0.05, 0) is 49.4 Å². The Balaban J connectivity index is 1.54. The van der Waals surface area contributed by atoms with Crippen molar-refractivity contribution in [3.63, 3.8) is 0 Å². The van der Waals surface area contributed by atoms with Crippen LogP contribution in [0.1, 0.15) is 21.0 Å². The Labute approximate surface area is 182 Å². The fraction of sp³-hybridized carbons (Fsp3) is 0.0909. The Bertz CT molecular complexity index is 1330. The average Bonchev–Trinajstić information content (AvgIpc) is 3.35. The number of thiazole rings is 1. The smallest absolute Gasteiger partial charge is 0.293 e. The number of aryl methyl sites for hydroxylation is 1. The second-order valence-corrected chi connectivity index (χ2v) is 9.92. The van der Waals surface area contributed by atoms with Crippen LogP contribution in [0.25, 0.3) is 11.3 Å². The molecular formula is C22H17FN2O4S2. The molecular weight excluding hydrogens is 439 g/mol. The molecule has 158 valence electrons. The molecule has 0 unspecified atom stereocenters. The molecule has 2 heterocycles. The molecule has 6 nitrogen and oxygen atoms in total. The summed E-state index contributed by atoms with van der Waals surface area (Å²) in [6.45, 7) is 1.84. The van der Waals surface area contributed by atoms with Gasteiger partial charge in [-0.2, -0.15) is 0 Å². The number of sulfone groups is 1. The van der Waals surface area contributed by atoms with Crippen LogP contribution in [0, 0.1) is 12.7 Å². The molecule has 2 aromatic heterocycles. The third-order valence-electron chi connectivity index (χ3n) is 4.54. The number of halogens is 1. The van der Waals surface area contributed by atoms with Gasteiger partial charge < -0.3 is 4.42 Å². The minimum absolute atomic E-state index is 0.0873. The number of furan rings is 1. The van der Waals surface area contributed by atoms with E-state index in [1.165, 1.54) is 47.9 Å². The number of hydrogen-bond acceptors (Lipinski definition) is 6. The van der Waals surface area contributed by atoms with Gasteiger partial charge in [0, 0.05) is 16.0 Å². The molecule has 4 rings (SSSR count). The van der Waals surface area contributed by atoms with E-state index in [2.05, 4.69) is 10.3 Å². The number of amides is 1. The van der Waals surface area contributed by atoms with Crippen molar-refractivity contribution < 1.29 is 22.0 Å². The first-order chi connectivity index (χ1) is 14.8. The van der Waals surface area contributed by atoms with E-state index in [0.717, 1.165) is 10.4 Å². The van der Waals surface area contributed by atoms with E-state index in [-0.39, 0.29) is 27.8 Å². The molecule has 0 saturated heterocycles. The van der Waals surface area contributed by atoms with Crippen molar-refractivity contribution in [1.82, 2.24) is 4.98 Å². The Morgan fingerprint density at radius 3 is 2.52 bits per heavy atom. The van der Waals surface area contributed by atoms with Crippen LogP contribution in [-0.2, 0) is 15.6 Å². The summed E-state index contributed by atoms with van der Waals surface area (Å²) >= 11 is 1.26. The highest BCUT2D eigenvalue weighted by Gasteiger charge is 2.23. The number of nitrogens with one attached hydrogen (secondary N) is 1. The minimum Gasteiger partial charge on any atom is -0.459 e. The van der Waals surface area contributed by atoms with E-state index in [9.17, 15) is 17.6 Å². The van der Waals surface area contributed by atoms with Gasteiger partial charge in [0.25, 0.3) is 5.91 Å². The summed E-state index contributed by atoms with van der Waals surface area (Å²) in [5, 5.41) is 2.99. The summed E-state index contributed by atoms with van der Waals surface area (Å²) in [6.07, 6.45) is 1.28. The predicted octanol–water partition coefficient (Wildman–Crippen LogP) is 5.08. The van der Waals surface area contributed by atoms with Crippen LogP contribution >= 0.6 is 11.3 Å². The van der Waals surface area contributed by atoms with Crippen molar-refractivity contribution in [2.24, 2.45) is 0 Å². The normalized spacial score (nSPS) is 11.4. The Morgan fingerprint density at radius 1 is 1.10 bits per heavy atom. The van der Waals surface area contributed by atoms with Gasteiger partial charge in [-0.3, -0.25) is 10.1 Å². The lowest BCUT2D eigenvalue weighted by molar-refractivity contribution is 0.0995. The average molecular weight is 457 g/mol. The second-order valence-electron chi connectivity index (χ2n) is 6.73. The van der Waals surface area contributed by atoms with Crippen molar-refractivity contribution in [3.05, 3.63) is 88.9 Å². The number of aromatic nitrogens is 1. The largest absolute Gasteiger partial charge is 0.459 e. The molecule has 4 aromatic rings. The lowest BCUT2D eigenvalue weighted by atomic mass is 10.1. The maximum Gasteiger partial charge on any atom is 0.293 e. The Morgan fingerprint density at radius 2 is 1.81 bits per heavy atom. The molecule has 0 aliphatic rings. The molecule has 0 radical (unpaired) electrons. The highest BCUT2D eigenvalue weighted by molar-refractivity contribution is 7.90. The monoisotopic (exact) mass is 456 g/mol. The van der Waals surface area contributed by atoms with Crippen molar-refractivity contribution in [1.29, 1.82) is 0 Å². The van der Waals surface area contributed by atoms with Crippen molar-refractivity contribution in [2.75, 3.05) is 5.32 Å². The van der Waals surface area contributed by atoms with E-state index in [0.29, 0.717) is 10.8 Å². The maximum absolute atomic E-state index is 13.2. The number of carbonyl (C=O) groups excluding carboxylic acids is 1. The van der Waals surface area contributed by atoms with Crippen molar-refractivity contribution in [3.8, 4) is 11.3 Å². The van der Waals surface area contributed by atoms with Crippen LogP contribution in [0.15, 0.2) is 76.2 Å². The first kappa shape index (κ1) is 21.0. The number of anilines is 1. The van der Waals surface area contributed by atoms with Gasteiger partial charge in [0.05, 0.1) is 22.6 Å². The van der Waals surface area contributed by atoms with Crippen LogP contribution in [-0.4, -0.2) is 19.3 Å². The number of benzene rings is 2. The quantitative estimate of drug-likeness (QED) is 0.437. The molecule has 0 atom stereocenters. The zero-order valence-corrected chi connectivity index (χ0v) is 18.0. The second kappa shape index (κ2) is 8.44. The van der Waals surface area contributed by atoms with Gasteiger partial charge in [-0.15, -0.1) is 11.3 Å². The highest BCUT2D eigenvalue weighted by atomic mass is 32.2. The van der Waals surface area contributed by atoms with Crippen molar-refractivity contribution in [2.45, 2.75) is 17.6 Å². The van der Waals surface area contributed by atoms with E-state index >= 15 is 0 Å². The minimum atomic E-state index is -3.64. The molecule has 0 spiro atoms. The van der Waals surface area contributed by atoms with Gasteiger partial charge in [-0.1, -0.05) is 18.2 Å². The SMILES string of the molecule is Cc1sc(NC(=O)c2occc2CS(=O)(=O)c2ccccc2)nc1-c1ccc(F)cc1. The Kier molecular flexibility index (Phi) is 5.71. The number of nitrogens with zero attached hydrogens (tertiary/aromatic N) is 1. The summed E-state index contributed by atoms with van der Waals surface area (Å²) in [5.74, 6) is -1.40. The van der Waals surface area contributed by atoms with Crippen LogP contribution in [0.5, 0.6) is 0 Å². The van der Waals surface area contributed by atoms with Crippen molar-refractivity contribution >= 4 is 32.2 Å². The van der Waals surface area contributed by atoms with E-state index < -0.39 is 15.7 Å². The molecule has 0 fully saturated rings.